The highest BCUT2D eigenvalue weighted by Crippen LogP contribution is 2.21. The van der Waals surface area contributed by atoms with Crippen LogP contribution >= 0.6 is 15.9 Å². The first-order valence-corrected chi connectivity index (χ1v) is 8.25. The second kappa shape index (κ2) is 5.67. The lowest BCUT2D eigenvalue weighted by molar-refractivity contribution is 0.452. The van der Waals surface area contributed by atoms with Crippen molar-refractivity contribution < 1.29 is 8.42 Å². The maximum Gasteiger partial charge on any atom is 0.243 e. The first-order chi connectivity index (χ1) is 9.32. The molecule has 1 heterocycles. The van der Waals surface area contributed by atoms with Crippen LogP contribution in [-0.2, 0) is 23.6 Å². The first-order valence-electron chi connectivity index (χ1n) is 6.02. The van der Waals surface area contributed by atoms with Gasteiger partial charge in [0.25, 0.3) is 0 Å². The molecule has 0 unspecified atom stereocenters. The Bertz CT molecular complexity index is 688. The fourth-order valence-electron chi connectivity index (χ4n) is 1.80. The molecule has 108 valence electrons. The molecule has 2 aromatic rings. The molecule has 2 rings (SSSR count). The van der Waals surface area contributed by atoms with Gasteiger partial charge in [-0.05, 0) is 35.0 Å². The van der Waals surface area contributed by atoms with Gasteiger partial charge in [0.05, 0.1) is 27.8 Å². The van der Waals surface area contributed by atoms with Crippen molar-refractivity contribution in [2.45, 2.75) is 18.4 Å². The van der Waals surface area contributed by atoms with Crippen LogP contribution in [0.4, 0.5) is 0 Å². The van der Waals surface area contributed by atoms with Crippen LogP contribution in [0.5, 0.6) is 0 Å². The van der Waals surface area contributed by atoms with Gasteiger partial charge in [-0.2, -0.15) is 9.40 Å². The average molecular weight is 358 g/mol. The lowest BCUT2D eigenvalue weighted by atomic mass is 10.2. The highest BCUT2D eigenvalue weighted by molar-refractivity contribution is 9.10. The number of halogens is 1. The molecule has 7 heteroatoms. The van der Waals surface area contributed by atoms with Crippen LogP contribution in [-0.4, -0.2) is 29.6 Å². The fourth-order valence-corrected chi connectivity index (χ4v) is 3.41. The van der Waals surface area contributed by atoms with Gasteiger partial charge in [-0.15, -0.1) is 0 Å². The summed E-state index contributed by atoms with van der Waals surface area (Å²) in [4.78, 5) is 0.295. The summed E-state index contributed by atoms with van der Waals surface area (Å²) < 4.78 is 28.7. The van der Waals surface area contributed by atoms with E-state index in [1.165, 1.54) is 4.31 Å². The molecule has 0 aliphatic heterocycles. The van der Waals surface area contributed by atoms with Crippen LogP contribution in [0.1, 0.15) is 11.3 Å². The molecule has 0 fully saturated rings. The Morgan fingerprint density at radius 3 is 2.40 bits per heavy atom. The van der Waals surface area contributed by atoms with Crippen molar-refractivity contribution in [2.75, 3.05) is 7.05 Å². The molecule has 1 aromatic heterocycles. The standard InChI is InChI=1S/C13H16BrN3O2S/c1-10-4-6-11(7-5-10)20(18,19)16(2)9-13-12(14)8-15-17(13)3/h4-8H,9H2,1-3H3. The van der Waals surface area contributed by atoms with E-state index in [4.69, 9.17) is 0 Å². The number of aromatic nitrogens is 2. The van der Waals surface area contributed by atoms with E-state index in [2.05, 4.69) is 21.0 Å². The van der Waals surface area contributed by atoms with Crippen molar-refractivity contribution in [3.63, 3.8) is 0 Å². The number of sulfonamides is 1. The zero-order valence-corrected chi connectivity index (χ0v) is 13.9. The van der Waals surface area contributed by atoms with E-state index < -0.39 is 10.0 Å². The molecule has 0 aliphatic rings. The third kappa shape index (κ3) is 2.94. The third-order valence-electron chi connectivity index (χ3n) is 3.11. The summed E-state index contributed by atoms with van der Waals surface area (Å²) in [5.41, 5.74) is 1.84. The van der Waals surface area contributed by atoms with E-state index >= 15 is 0 Å². The molecule has 0 saturated heterocycles. The van der Waals surface area contributed by atoms with Crippen molar-refractivity contribution in [2.24, 2.45) is 7.05 Å². The molecule has 0 N–H and O–H groups in total. The minimum absolute atomic E-state index is 0.257. The van der Waals surface area contributed by atoms with E-state index in [0.29, 0.717) is 4.90 Å². The van der Waals surface area contributed by atoms with Crippen molar-refractivity contribution in [3.05, 3.63) is 46.2 Å². The molecule has 0 atom stereocenters. The minimum Gasteiger partial charge on any atom is -0.270 e. The molecule has 0 radical (unpaired) electrons. The highest BCUT2D eigenvalue weighted by atomic mass is 79.9. The Labute approximate surface area is 127 Å². The fraction of sp³-hybridized carbons (Fsp3) is 0.308. The molecule has 0 saturated carbocycles. The van der Waals surface area contributed by atoms with Gasteiger partial charge in [0.1, 0.15) is 0 Å². The van der Waals surface area contributed by atoms with Crippen molar-refractivity contribution in [1.29, 1.82) is 0 Å². The van der Waals surface area contributed by atoms with Gasteiger partial charge in [-0.3, -0.25) is 4.68 Å². The first kappa shape index (κ1) is 15.2. The Kier molecular flexibility index (Phi) is 4.31. The predicted molar refractivity (Wildman–Crippen MR) is 80.7 cm³/mol. The van der Waals surface area contributed by atoms with Crippen molar-refractivity contribution in [1.82, 2.24) is 14.1 Å². The molecule has 0 spiro atoms. The van der Waals surface area contributed by atoms with Gasteiger partial charge in [-0.1, -0.05) is 17.7 Å². The van der Waals surface area contributed by atoms with E-state index in [1.54, 1.807) is 49.2 Å². The van der Waals surface area contributed by atoms with Crippen LogP contribution in [0.3, 0.4) is 0 Å². The van der Waals surface area contributed by atoms with Gasteiger partial charge in [0.15, 0.2) is 0 Å². The van der Waals surface area contributed by atoms with Crippen LogP contribution < -0.4 is 0 Å². The predicted octanol–water partition coefficient (Wildman–Crippen LogP) is 2.31. The number of nitrogens with zero attached hydrogens (tertiary/aromatic N) is 3. The number of hydrogen-bond acceptors (Lipinski definition) is 3. The van der Waals surface area contributed by atoms with Gasteiger partial charge >= 0.3 is 0 Å². The Hall–Kier alpha value is -1.18. The van der Waals surface area contributed by atoms with Crippen LogP contribution in [0.25, 0.3) is 0 Å². The van der Waals surface area contributed by atoms with Crippen molar-refractivity contribution >= 4 is 26.0 Å². The molecule has 0 amide bonds. The second-order valence-electron chi connectivity index (χ2n) is 4.64. The maximum absolute atomic E-state index is 12.5. The minimum atomic E-state index is -3.49. The molecule has 20 heavy (non-hydrogen) atoms. The summed E-state index contributed by atoms with van der Waals surface area (Å²) in [7, 11) is -0.146. The summed E-state index contributed by atoms with van der Waals surface area (Å²) in [6.45, 7) is 2.18. The number of benzene rings is 1. The molecular formula is C13H16BrN3O2S. The Balaban J connectivity index is 2.28. The number of rotatable bonds is 4. The monoisotopic (exact) mass is 357 g/mol. The summed E-state index contributed by atoms with van der Waals surface area (Å²) >= 11 is 3.37. The lowest BCUT2D eigenvalue weighted by Crippen LogP contribution is -2.27. The Morgan fingerprint density at radius 2 is 1.90 bits per heavy atom. The molecule has 1 aromatic carbocycles. The number of aryl methyl sites for hydroxylation is 2. The van der Waals surface area contributed by atoms with Crippen LogP contribution in [0, 0.1) is 6.92 Å². The quantitative estimate of drug-likeness (QED) is 0.843. The van der Waals surface area contributed by atoms with E-state index in [0.717, 1.165) is 15.7 Å². The molecular weight excluding hydrogens is 342 g/mol. The number of hydrogen-bond donors (Lipinski definition) is 0. The van der Waals surface area contributed by atoms with E-state index in [-0.39, 0.29) is 6.54 Å². The summed E-state index contributed by atoms with van der Waals surface area (Å²) in [5, 5.41) is 4.08. The van der Waals surface area contributed by atoms with Gasteiger partial charge in [-0.25, -0.2) is 8.42 Å². The zero-order valence-electron chi connectivity index (χ0n) is 11.5. The van der Waals surface area contributed by atoms with Gasteiger partial charge in [0.2, 0.25) is 10.0 Å². The average Bonchev–Trinajstić information content (AvgIpc) is 2.71. The normalized spacial score (nSPS) is 12.1. The zero-order chi connectivity index (χ0) is 14.9. The third-order valence-corrected chi connectivity index (χ3v) is 5.59. The van der Waals surface area contributed by atoms with Crippen LogP contribution in [0.2, 0.25) is 0 Å². The van der Waals surface area contributed by atoms with Gasteiger partial charge < -0.3 is 0 Å². The smallest absolute Gasteiger partial charge is 0.243 e. The lowest BCUT2D eigenvalue weighted by Gasteiger charge is -2.17. The summed E-state index contributed by atoms with van der Waals surface area (Å²) in [5.74, 6) is 0. The SMILES string of the molecule is Cc1ccc(S(=O)(=O)N(C)Cc2c(Br)cnn2C)cc1. The van der Waals surface area contributed by atoms with Crippen LogP contribution in [0.15, 0.2) is 39.8 Å². The highest BCUT2D eigenvalue weighted by Gasteiger charge is 2.22. The van der Waals surface area contributed by atoms with Crippen molar-refractivity contribution in [3.8, 4) is 0 Å². The summed E-state index contributed by atoms with van der Waals surface area (Å²) in [6, 6.07) is 6.83. The Morgan fingerprint density at radius 1 is 1.30 bits per heavy atom. The van der Waals surface area contributed by atoms with E-state index in [9.17, 15) is 8.42 Å². The van der Waals surface area contributed by atoms with E-state index in [1.807, 2.05) is 6.92 Å². The summed E-state index contributed by atoms with van der Waals surface area (Å²) in [6.07, 6.45) is 1.65. The second-order valence-corrected chi connectivity index (χ2v) is 7.54. The molecule has 5 nitrogen and oxygen atoms in total. The van der Waals surface area contributed by atoms with Gasteiger partial charge in [0, 0.05) is 14.1 Å². The molecule has 0 aliphatic carbocycles. The molecule has 0 bridgehead atoms. The topological polar surface area (TPSA) is 55.2 Å². The largest absolute Gasteiger partial charge is 0.270 e. The maximum atomic E-state index is 12.5.